The fourth-order valence-corrected chi connectivity index (χ4v) is 1.36. The van der Waals surface area contributed by atoms with E-state index in [1.165, 1.54) is 6.07 Å². The van der Waals surface area contributed by atoms with Crippen LogP contribution in [-0.2, 0) is 0 Å². The molecule has 1 aromatic heterocycles. The molecule has 0 spiro atoms. The standard InChI is InChI=1S/C12H8F3NO2/c1-6-2-5-9(18-6)12(17)16-8-4-3-7(13)10(14)11(8)15/h2-5H,1H3,(H,16,17). The van der Waals surface area contributed by atoms with Gasteiger partial charge in [-0.05, 0) is 31.2 Å². The number of amides is 1. The summed E-state index contributed by atoms with van der Waals surface area (Å²) in [6.45, 7) is 1.63. The van der Waals surface area contributed by atoms with Gasteiger partial charge in [-0.2, -0.15) is 0 Å². The Balaban J connectivity index is 2.25. The Labute approximate surface area is 100 Å². The van der Waals surface area contributed by atoms with E-state index in [0.717, 1.165) is 12.1 Å². The molecule has 0 radical (unpaired) electrons. The van der Waals surface area contributed by atoms with Crippen molar-refractivity contribution in [3.8, 4) is 0 Å². The summed E-state index contributed by atoms with van der Waals surface area (Å²) in [6.07, 6.45) is 0. The highest BCUT2D eigenvalue weighted by molar-refractivity contribution is 6.02. The summed E-state index contributed by atoms with van der Waals surface area (Å²) < 4.78 is 43.9. The number of hydrogen-bond donors (Lipinski definition) is 1. The predicted octanol–water partition coefficient (Wildman–Crippen LogP) is 3.26. The van der Waals surface area contributed by atoms with Crippen LogP contribution in [0.15, 0.2) is 28.7 Å². The molecule has 1 N–H and O–H groups in total. The molecule has 1 heterocycles. The number of furan rings is 1. The van der Waals surface area contributed by atoms with Crippen molar-refractivity contribution >= 4 is 11.6 Å². The van der Waals surface area contributed by atoms with Crippen LogP contribution < -0.4 is 5.32 Å². The quantitative estimate of drug-likeness (QED) is 0.837. The summed E-state index contributed by atoms with van der Waals surface area (Å²) in [4.78, 5) is 11.6. The van der Waals surface area contributed by atoms with Crippen LogP contribution in [0.25, 0.3) is 0 Å². The molecule has 0 fully saturated rings. The Kier molecular flexibility index (Phi) is 3.10. The molecule has 0 atom stereocenters. The van der Waals surface area contributed by atoms with E-state index in [1.54, 1.807) is 13.0 Å². The van der Waals surface area contributed by atoms with Gasteiger partial charge in [-0.15, -0.1) is 0 Å². The smallest absolute Gasteiger partial charge is 0.291 e. The Bertz CT molecular complexity index is 607. The molecule has 0 unspecified atom stereocenters. The molecule has 2 rings (SSSR count). The van der Waals surface area contributed by atoms with Crippen LogP contribution in [0.1, 0.15) is 16.3 Å². The first kappa shape index (κ1) is 12.2. The van der Waals surface area contributed by atoms with Crippen LogP contribution in [0.4, 0.5) is 18.9 Å². The number of nitrogens with one attached hydrogen (secondary N) is 1. The third-order valence-corrected chi connectivity index (χ3v) is 2.25. The molecule has 0 aliphatic rings. The van der Waals surface area contributed by atoms with E-state index in [2.05, 4.69) is 5.32 Å². The van der Waals surface area contributed by atoms with Crippen LogP contribution in [0.3, 0.4) is 0 Å². The topological polar surface area (TPSA) is 42.2 Å². The van der Waals surface area contributed by atoms with Gasteiger partial charge in [-0.25, -0.2) is 13.2 Å². The second-order valence-electron chi connectivity index (χ2n) is 3.59. The van der Waals surface area contributed by atoms with E-state index in [1.807, 2.05) is 0 Å². The van der Waals surface area contributed by atoms with Crippen molar-refractivity contribution in [3.63, 3.8) is 0 Å². The molecule has 3 nitrogen and oxygen atoms in total. The lowest BCUT2D eigenvalue weighted by atomic mass is 10.2. The highest BCUT2D eigenvalue weighted by Gasteiger charge is 2.17. The average molecular weight is 255 g/mol. The molecule has 94 valence electrons. The van der Waals surface area contributed by atoms with Crippen molar-refractivity contribution < 1.29 is 22.4 Å². The Hall–Kier alpha value is -2.24. The zero-order valence-electron chi connectivity index (χ0n) is 9.26. The van der Waals surface area contributed by atoms with E-state index in [0.29, 0.717) is 5.76 Å². The Morgan fingerprint density at radius 2 is 1.83 bits per heavy atom. The summed E-state index contributed by atoms with van der Waals surface area (Å²) >= 11 is 0. The Morgan fingerprint density at radius 1 is 1.11 bits per heavy atom. The molecular formula is C12H8F3NO2. The van der Waals surface area contributed by atoms with Gasteiger partial charge in [0.25, 0.3) is 5.91 Å². The van der Waals surface area contributed by atoms with Gasteiger partial charge in [0.2, 0.25) is 0 Å². The molecule has 0 bridgehead atoms. The van der Waals surface area contributed by atoms with Crippen molar-refractivity contribution in [2.24, 2.45) is 0 Å². The SMILES string of the molecule is Cc1ccc(C(=O)Nc2ccc(F)c(F)c2F)o1. The van der Waals surface area contributed by atoms with E-state index in [-0.39, 0.29) is 5.76 Å². The summed E-state index contributed by atoms with van der Waals surface area (Å²) in [5.74, 6) is -4.69. The first-order valence-electron chi connectivity index (χ1n) is 5.00. The number of anilines is 1. The number of hydrogen-bond acceptors (Lipinski definition) is 2. The molecule has 0 saturated heterocycles. The van der Waals surface area contributed by atoms with Crippen LogP contribution in [-0.4, -0.2) is 5.91 Å². The normalized spacial score (nSPS) is 10.4. The lowest BCUT2D eigenvalue weighted by Gasteiger charge is -2.05. The van der Waals surface area contributed by atoms with Gasteiger partial charge < -0.3 is 9.73 Å². The first-order valence-corrected chi connectivity index (χ1v) is 5.00. The number of benzene rings is 1. The van der Waals surface area contributed by atoms with Gasteiger partial charge in [0.05, 0.1) is 5.69 Å². The average Bonchev–Trinajstić information content (AvgIpc) is 2.77. The molecule has 2 aromatic rings. The van der Waals surface area contributed by atoms with Crippen molar-refractivity contribution in [3.05, 3.63) is 53.2 Å². The minimum atomic E-state index is -1.64. The summed E-state index contributed by atoms with van der Waals surface area (Å²) in [7, 11) is 0. The van der Waals surface area contributed by atoms with Crippen molar-refractivity contribution in [2.75, 3.05) is 5.32 Å². The fraction of sp³-hybridized carbons (Fsp3) is 0.0833. The highest BCUT2D eigenvalue weighted by atomic mass is 19.2. The van der Waals surface area contributed by atoms with Crippen LogP contribution in [0.2, 0.25) is 0 Å². The second kappa shape index (κ2) is 4.56. The third-order valence-electron chi connectivity index (χ3n) is 2.25. The number of halogens is 3. The second-order valence-corrected chi connectivity index (χ2v) is 3.59. The molecule has 1 aromatic carbocycles. The van der Waals surface area contributed by atoms with Crippen LogP contribution in [0, 0.1) is 24.4 Å². The largest absolute Gasteiger partial charge is 0.456 e. The maximum atomic E-state index is 13.3. The van der Waals surface area contributed by atoms with Crippen molar-refractivity contribution in [1.29, 1.82) is 0 Å². The van der Waals surface area contributed by atoms with Gasteiger partial charge in [0.1, 0.15) is 5.76 Å². The molecule has 18 heavy (non-hydrogen) atoms. The number of aryl methyl sites for hydroxylation is 1. The maximum absolute atomic E-state index is 13.3. The van der Waals surface area contributed by atoms with Gasteiger partial charge in [-0.1, -0.05) is 0 Å². The monoisotopic (exact) mass is 255 g/mol. The summed E-state index contributed by atoms with van der Waals surface area (Å²) in [5.41, 5.74) is -0.451. The molecule has 0 aliphatic heterocycles. The number of carbonyl (C=O) groups is 1. The predicted molar refractivity (Wildman–Crippen MR) is 57.7 cm³/mol. The maximum Gasteiger partial charge on any atom is 0.291 e. The zero-order chi connectivity index (χ0) is 13.3. The molecular weight excluding hydrogens is 247 g/mol. The Morgan fingerprint density at radius 3 is 2.44 bits per heavy atom. The lowest BCUT2D eigenvalue weighted by molar-refractivity contribution is 0.0995. The van der Waals surface area contributed by atoms with Gasteiger partial charge in [0, 0.05) is 0 Å². The first-order chi connectivity index (χ1) is 8.49. The molecule has 0 aliphatic carbocycles. The molecule has 0 saturated carbocycles. The number of carbonyl (C=O) groups excluding carboxylic acids is 1. The van der Waals surface area contributed by atoms with Crippen molar-refractivity contribution in [1.82, 2.24) is 0 Å². The van der Waals surface area contributed by atoms with Gasteiger partial charge in [-0.3, -0.25) is 4.79 Å². The summed E-state index contributed by atoms with van der Waals surface area (Å²) in [6, 6.07) is 4.60. The number of rotatable bonds is 2. The molecule has 1 amide bonds. The molecule has 6 heteroatoms. The van der Waals surface area contributed by atoms with E-state index < -0.39 is 29.0 Å². The fourth-order valence-electron chi connectivity index (χ4n) is 1.36. The van der Waals surface area contributed by atoms with E-state index in [4.69, 9.17) is 4.42 Å². The van der Waals surface area contributed by atoms with Gasteiger partial charge in [0.15, 0.2) is 23.2 Å². The van der Waals surface area contributed by atoms with E-state index >= 15 is 0 Å². The lowest BCUT2D eigenvalue weighted by Crippen LogP contribution is -2.13. The van der Waals surface area contributed by atoms with Crippen LogP contribution in [0.5, 0.6) is 0 Å². The van der Waals surface area contributed by atoms with Gasteiger partial charge >= 0.3 is 0 Å². The highest BCUT2D eigenvalue weighted by Crippen LogP contribution is 2.20. The minimum absolute atomic E-state index is 0.0448. The van der Waals surface area contributed by atoms with Crippen LogP contribution >= 0.6 is 0 Å². The van der Waals surface area contributed by atoms with Crippen molar-refractivity contribution in [2.45, 2.75) is 6.92 Å². The summed E-state index contributed by atoms with van der Waals surface area (Å²) in [5, 5.41) is 2.09. The third kappa shape index (κ3) is 2.22. The van der Waals surface area contributed by atoms with E-state index in [9.17, 15) is 18.0 Å². The minimum Gasteiger partial charge on any atom is -0.456 e. The zero-order valence-corrected chi connectivity index (χ0v) is 9.26.